The predicted octanol–water partition coefficient (Wildman–Crippen LogP) is 2.76. The first-order chi connectivity index (χ1) is 14.7. The third-order valence-corrected chi connectivity index (χ3v) is 6.15. The topological polar surface area (TPSA) is 77.2 Å². The van der Waals surface area contributed by atoms with E-state index in [0.29, 0.717) is 6.54 Å². The second-order valence-corrected chi connectivity index (χ2v) is 8.18. The van der Waals surface area contributed by atoms with Crippen LogP contribution in [0.25, 0.3) is 0 Å². The maximum Gasteiger partial charge on any atom is 0.184 e. The van der Waals surface area contributed by atoms with Crippen LogP contribution in [0.5, 0.6) is 0 Å². The van der Waals surface area contributed by atoms with Gasteiger partial charge in [0.1, 0.15) is 0 Å². The molecule has 2 aromatic carbocycles. The normalized spacial score (nSPS) is 27.8. The lowest BCUT2D eigenvalue weighted by molar-refractivity contribution is -0.277. The predicted molar refractivity (Wildman–Crippen MR) is 115 cm³/mol. The Bertz CT molecular complexity index is 790. The zero-order valence-corrected chi connectivity index (χ0v) is 17.6. The highest BCUT2D eigenvalue weighted by molar-refractivity contribution is 5.26. The number of benzene rings is 2. The Kier molecular flexibility index (Phi) is 7.15. The Morgan fingerprint density at radius 1 is 0.933 bits per heavy atom. The molecule has 0 bridgehead atoms. The van der Waals surface area contributed by atoms with Gasteiger partial charge in [0, 0.05) is 37.7 Å². The van der Waals surface area contributed by atoms with Gasteiger partial charge in [-0.25, -0.2) is 0 Å². The van der Waals surface area contributed by atoms with Crippen molar-refractivity contribution in [3.8, 4) is 0 Å². The van der Waals surface area contributed by atoms with Crippen molar-refractivity contribution in [3.05, 3.63) is 70.8 Å². The zero-order valence-electron chi connectivity index (χ0n) is 17.6. The lowest BCUT2D eigenvalue weighted by Crippen LogP contribution is -2.47. The van der Waals surface area contributed by atoms with Crippen molar-refractivity contribution >= 4 is 0 Å². The van der Waals surface area contributed by atoms with Gasteiger partial charge in [-0.1, -0.05) is 55.5 Å². The molecule has 0 radical (unpaired) electrons. The van der Waals surface area contributed by atoms with E-state index < -0.39 is 6.29 Å². The van der Waals surface area contributed by atoms with Crippen LogP contribution in [0, 0.1) is 5.92 Å². The van der Waals surface area contributed by atoms with Crippen molar-refractivity contribution in [2.45, 2.75) is 38.6 Å². The van der Waals surface area contributed by atoms with E-state index in [2.05, 4.69) is 24.0 Å². The molecule has 0 saturated carbocycles. The Balaban J connectivity index is 1.58. The smallest absolute Gasteiger partial charge is 0.184 e. The van der Waals surface area contributed by atoms with Gasteiger partial charge < -0.3 is 25.1 Å². The zero-order chi connectivity index (χ0) is 20.9. The molecule has 0 aromatic heterocycles. The molecule has 0 spiro atoms. The first kappa shape index (κ1) is 21.4. The van der Waals surface area contributed by atoms with Crippen molar-refractivity contribution in [3.63, 3.8) is 0 Å². The van der Waals surface area contributed by atoms with Gasteiger partial charge in [-0.3, -0.25) is 4.90 Å². The quantitative estimate of drug-likeness (QED) is 0.760. The van der Waals surface area contributed by atoms with Gasteiger partial charge in [-0.05, 0) is 16.7 Å². The van der Waals surface area contributed by atoms with Crippen LogP contribution in [-0.4, -0.2) is 49.0 Å². The number of nitrogens with two attached hydrogens (primary N) is 1. The largest absolute Gasteiger partial charge is 0.392 e. The van der Waals surface area contributed by atoms with Gasteiger partial charge in [0.05, 0.1) is 32.0 Å². The highest BCUT2D eigenvalue weighted by atomic mass is 16.7. The van der Waals surface area contributed by atoms with Crippen LogP contribution < -0.4 is 5.73 Å². The molecule has 2 heterocycles. The average molecular weight is 413 g/mol. The van der Waals surface area contributed by atoms with Crippen molar-refractivity contribution in [1.82, 2.24) is 4.90 Å². The molecular weight excluding hydrogens is 380 g/mol. The molecule has 0 unspecified atom stereocenters. The molecule has 30 heavy (non-hydrogen) atoms. The number of ether oxygens (including phenoxy) is 3. The molecule has 6 heteroatoms. The fourth-order valence-corrected chi connectivity index (χ4v) is 4.18. The molecule has 4 atom stereocenters. The molecule has 2 fully saturated rings. The van der Waals surface area contributed by atoms with Gasteiger partial charge in [0.25, 0.3) is 0 Å². The second-order valence-electron chi connectivity index (χ2n) is 8.18. The van der Waals surface area contributed by atoms with Crippen molar-refractivity contribution in [2.24, 2.45) is 11.7 Å². The minimum absolute atomic E-state index is 0.0403. The molecular formula is C24H32N2O4. The molecule has 2 aliphatic heterocycles. The van der Waals surface area contributed by atoms with Crippen LogP contribution >= 0.6 is 0 Å². The van der Waals surface area contributed by atoms with Crippen molar-refractivity contribution < 1.29 is 19.3 Å². The number of morpholine rings is 1. The van der Waals surface area contributed by atoms with Gasteiger partial charge in [-0.2, -0.15) is 0 Å². The number of hydrogen-bond acceptors (Lipinski definition) is 6. The van der Waals surface area contributed by atoms with E-state index in [1.165, 1.54) is 0 Å². The van der Waals surface area contributed by atoms with Gasteiger partial charge in [-0.15, -0.1) is 0 Å². The summed E-state index contributed by atoms with van der Waals surface area (Å²) in [6.45, 7) is 7.02. The summed E-state index contributed by atoms with van der Waals surface area (Å²) in [4.78, 5) is 2.41. The Labute approximate surface area is 178 Å². The molecule has 3 N–H and O–H groups in total. The summed E-state index contributed by atoms with van der Waals surface area (Å²) >= 11 is 0. The standard InChI is InChI=1S/C24H32N2O4/c1-17-22(15-26-10-12-28-13-11-26)29-24(21-8-2-18(14-25)3-9-21)30-23(17)20-6-4-19(16-27)5-7-20/h2-9,17,22-24,27H,10-16,25H2,1H3/t17-,22+,23+,24+/m1/s1. The summed E-state index contributed by atoms with van der Waals surface area (Å²) in [6, 6.07) is 16.2. The highest BCUT2D eigenvalue weighted by Crippen LogP contribution is 2.41. The Hall–Kier alpha value is -1.80. The SMILES string of the molecule is C[C@@H]1[C@H](CN2CCOCC2)O[C@H](c2ccc(CN)cc2)O[C@@H]1c1ccc(CO)cc1. The first-order valence-corrected chi connectivity index (χ1v) is 10.8. The van der Waals surface area contributed by atoms with Crippen LogP contribution in [0.15, 0.2) is 48.5 Å². The molecule has 0 aliphatic carbocycles. The van der Waals surface area contributed by atoms with Gasteiger partial charge >= 0.3 is 0 Å². The van der Waals surface area contributed by atoms with Crippen molar-refractivity contribution in [1.29, 1.82) is 0 Å². The minimum atomic E-state index is -0.429. The van der Waals surface area contributed by atoms with Gasteiger partial charge in [0.2, 0.25) is 0 Å². The van der Waals surface area contributed by atoms with Gasteiger partial charge in [0.15, 0.2) is 6.29 Å². The number of aliphatic hydroxyl groups is 1. The molecule has 2 aromatic rings. The number of aliphatic hydroxyl groups excluding tert-OH is 1. The summed E-state index contributed by atoms with van der Waals surface area (Å²) in [7, 11) is 0. The van der Waals surface area contributed by atoms with E-state index in [-0.39, 0.29) is 24.7 Å². The summed E-state index contributed by atoms with van der Waals surface area (Å²) < 4.78 is 18.5. The fourth-order valence-electron chi connectivity index (χ4n) is 4.18. The van der Waals surface area contributed by atoms with Crippen LogP contribution in [0.3, 0.4) is 0 Å². The molecule has 2 saturated heterocycles. The third kappa shape index (κ3) is 4.91. The fraction of sp³-hybridized carbons (Fsp3) is 0.500. The van der Waals surface area contributed by atoms with E-state index in [4.69, 9.17) is 19.9 Å². The lowest BCUT2D eigenvalue weighted by atomic mass is 9.90. The summed E-state index contributed by atoms with van der Waals surface area (Å²) in [5.41, 5.74) is 9.85. The van der Waals surface area contributed by atoms with E-state index in [0.717, 1.165) is 55.1 Å². The van der Waals surface area contributed by atoms with Crippen LogP contribution in [0.2, 0.25) is 0 Å². The average Bonchev–Trinajstić information content (AvgIpc) is 2.81. The summed E-state index contributed by atoms with van der Waals surface area (Å²) in [5, 5.41) is 9.37. The summed E-state index contributed by atoms with van der Waals surface area (Å²) in [6.07, 6.45) is -0.475. The molecule has 2 aliphatic rings. The molecule has 6 nitrogen and oxygen atoms in total. The van der Waals surface area contributed by atoms with E-state index >= 15 is 0 Å². The highest BCUT2D eigenvalue weighted by Gasteiger charge is 2.39. The Morgan fingerprint density at radius 2 is 1.57 bits per heavy atom. The monoisotopic (exact) mass is 412 g/mol. The van der Waals surface area contributed by atoms with E-state index in [1.807, 2.05) is 36.4 Å². The summed E-state index contributed by atoms with van der Waals surface area (Å²) in [5.74, 6) is 0.187. The Morgan fingerprint density at radius 3 is 2.20 bits per heavy atom. The van der Waals surface area contributed by atoms with Crippen molar-refractivity contribution in [2.75, 3.05) is 32.8 Å². The number of nitrogens with zero attached hydrogens (tertiary/aromatic N) is 1. The van der Waals surface area contributed by atoms with Crippen LogP contribution in [0.4, 0.5) is 0 Å². The third-order valence-electron chi connectivity index (χ3n) is 6.15. The van der Waals surface area contributed by atoms with Crippen LogP contribution in [-0.2, 0) is 27.4 Å². The van der Waals surface area contributed by atoms with Crippen LogP contribution in [0.1, 0.15) is 41.6 Å². The van der Waals surface area contributed by atoms with E-state index in [9.17, 15) is 5.11 Å². The minimum Gasteiger partial charge on any atom is -0.392 e. The second kappa shape index (κ2) is 10.0. The lowest BCUT2D eigenvalue weighted by Gasteiger charge is -2.43. The number of hydrogen-bond donors (Lipinski definition) is 2. The molecule has 4 rings (SSSR count). The van der Waals surface area contributed by atoms with E-state index in [1.54, 1.807) is 0 Å². The molecule has 162 valence electrons. The maximum atomic E-state index is 9.37. The molecule has 0 amide bonds. The number of rotatable bonds is 6. The maximum absolute atomic E-state index is 9.37. The first-order valence-electron chi connectivity index (χ1n) is 10.8.